The smallest absolute Gasteiger partial charge is 0.267 e. The lowest BCUT2D eigenvalue weighted by Gasteiger charge is -2.21. The number of carbonyl (C=O) groups excluding carboxylic acids is 1. The molecule has 3 N–H and O–H groups in total. The number of hydrogen-bond acceptors (Lipinski definition) is 6. The monoisotopic (exact) mass is 285 g/mol. The zero-order valence-electron chi connectivity index (χ0n) is 11.3. The van der Waals surface area contributed by atoms with E-state index in [9.17, 15) is 4.79 Å². The first-order chi connectivity index (χ1) is 9.01. The maximum absolute atomic E-state index is 12.4. The molecule has 0 saturated carbocycles. The van der Waals surface area contributed by atoms with Gasteiger partial charge in [-0.2, -0.15) is 0 Å². The molecule has 0 bridgehead atoms. The van der Waals surface area contributed by atoms with Crippen molar-refractivity contribution in [2.24, 2.45) is 10.9 Å². The zero-order chi connectivity index (χ0) is 14.4. The number of carbonyl (C=O) groups is 1. The predicted molar refractivity (Wildman–Crippen MR) is 73.6 cm³/mol. The summed E-state index contributed by atoms with van der Waals surface area (Å²) in [6.07, 6.45) is 0.785. The minimum Gasteiger partial charge on any atom is -0.409 e. The van der Waals surface area contributed by atoms with Crippen molar-refractivity contribution in [2.75, 3.05) is 13.1 Å². The van der Waals surface area contributed by atoms with Gasteiger partial charge in [-0.15, -0.1) is 5.10 Å². The molecule has 0 aliphatic carbocycles. The third kappa shape index (κ3) is 3.88. The molecule has 1 amide bonds. The van der Waals surface area contributed by atoms with Gasteiger partial charge in [0.05, 0.1) is 12.2 Å². The van der Waals surface area contributed by atoms with Gasteiger partial charge in [0.1, 0.15) is 4.88 Å². The van der Waals surface area contributed by atoms with Crippen LogP contribution < -0.4 is 5.73 Å². The second kappa shape index (κ2) is 7.03. The molecule has 1 aromatic rings. The average molecular weight is 285 g/mol. The minimum absolute atomic E-state index is 0.00497. The van der Waals surface area contributed by atoms with Gasteiger partial charge in [-0.3, -0.25) is 4.79 Å². The van der Waals surface area contributed by atoms with Gasteiger partial charge in [0, 0.05) is 6.54 Å². The van der Waals surface area contributed by atoms with Crippen molar-refractivity contribution < 1.29 is 10.0 Å². The summed E-state index contributed by atoms with van der Waals surface area (Å²) in [5.41, 5.74) is 6.16. The lowest BCUT2D eigenvalue weighted by molar-refractivity contribution is 0.0781. The van der Waals surface area contributed by atoms with E-state index in [1.165, 1.54) is 4.90 Å². The van der Waals surface area contributed by atoms with Crippen LogP contribution in [0.5, 0.6) is 0 Å². The summed E-state index contributed by atoms with van der Waals surface area (Å²) in [5, 5.41) is 15.5. The van der Waals surface area contributed by atoms with Crippen LogP contribution in [0, 0.1) is 0 Å². The van der Waals surface area contributed by atoms with Gasteiger partial charge in [0.2, 0.25) is 0 Å². The van der Waals surface area contributed by atoms with Gasteiger partial charge in [-0.25, -0.2) is 0 Å². The first-order valence-electron chi connectivity index (χ1n) is 6.09. The molecule has 0 fully saturated rings. The van der Waals surface area contributed by atoms with Crippen molar-refractivity contribution in [3.63, 3.8) is 0 Å². The molecule has 0 radical (unpaired) electrons. The van der Waals surface area contributed by atoms with Crippen LogP contribution in [0.4, 0.5) is 0 Å². The largest absolute Gasteiger partial charge is 0.409 e. The lowest BCUT2D eigenvalue weighted by Crippen LogP contribution is -2.39. The van der Waals surface area contributed by atoms with Crippen molar-refractivity contribution in [3.05, 3.63) is 10.6 Å². The standard InChI is InChI=1S/C11H19N5O2S/c1-4-5-16(6-8(12)14-18)11(17)10-9(7(2)3)13-15-19-10/h7,18H,4-6H2,1-3H3,(H2,12,14). The third-order valence-corrected chi connectivity index (χ3v) is 3.25. The van der Waals surface area contributed by atoms with E-state index in [-0.39, 0.29) is 24.2 Å². The normalized spacial score (nSPS) is 11.9. The maximum atomic E-state index is 12.4. The van der Waals surface area contributed by atoms with E-state index in [4.69, 9.17) is 10.9 Å². The van der Waals surface area contributed by atoms with Crippen molar-refractivity contribution >= 4 is 23.3 Å². The van der Waals surface area contributed by atoms with Crippen molar-refractivity contribution in [1.29, 1.82) is 0 Å². The summed E-state index contributed by atoms with van der Waals surface area (Å²) in [7, 11) is 0. The van der Waals surface area contributed by atoms with Crippen LogP contribution in [-0.4, -0.2) is 44.5 Å². The number of nitrogens with two attached hydrogens (primary N) is 1. The molecule has 7 nitrogen and oxygen atoms in total. The number of amides is 1. The first kappa shape index (κ1) is 15.4. The molecule has 8 heteroatoms. The van der Waals surface area contributed by atoms with Crippen LogP contribution in [-0.2, 0) is 0 Å². The van der Waals surface area contributed by atoms with Crippen LogP contribution in [0.1, 0.15) is 48.5 Å². The molecule has 0 spiro atoms. The second-order valence-electron chi connectivity index (χ2n) is 4.46. The van der Waals surface area contributed by atoms with E-state index < -0.39 is 0 Å². The Hall–Kier alpha value is -1.70. The Morgan fingerprint density at radius 2 is 2.26 bits per heavy atom. The van der Waals surface area contributed by atoms with Gasteiger partial charge in [-0.1, -0.05) is 30.4 Å². The summed E-state index contributed by atoms with van der Waals surface area (Å²) in [6, 6.07) is 0. The molecule has 1 aromatic heterocycles. The number of rotatable bonds is 6. The Bertz CT molecular complexity index is 458. The van der Waals surface area contributed by atoms with Gasteiger partial charge >= 0.3 is 0 Å². The summed E-state index contributed by atoms with van der Waals surface area (Å²) in [6.45, 7) is 6.51. The molecular weight excluding hydrogens is 266 g/mol. The lowest BCUT2D eigenvalue weighted by atomic mass is 10.1. The molecule has 1 rings (SSSR count). The summed E-state index contributed by atoms with van der Waals surface area (Å²) >= 11 is 1.08. The molecule has 1 heterocycles. The highest BCUT2D eigenvalue weighted by atomic mass is 32.1. The Labute approximate surface area is 116 Å². The molecule has 0 aliphatic rings. The molecule has 0 unspecified atom stereocenters. The fourth-order valence-corrected chi connectivity index (χ4v) is 2.40. The highest BCUT2D eigenvalue weighted by Crippen LogP contribution is 2.21. The number of aromatic nitrogens is 2. The minimum atomic E-state index is -0.174. The van der Waals surface area contributed by atoms with Gasteiger partial charge < -0.3 is 15.8 Å². The SMILES string of the molecule is CCCN(CC(N)=NO)C(=O)c1snnc1C(C)C. The van der Waals surface area contributed by atoms with E-state index in [2.05, 4.69) is 14.7 Å². The molecule has 0 aromatic carbocycles. The van der Waals surface area contributed by atoms with Crippen LogP contribution in [0.15, 0.2) is 5.16 Å². The van der Waals surface area contributed by atoms with E-state index in [1.807, 2.05) is 20.8 Å². The molecule has 0 saturated heterocycles. The molecular formula is C11H19N5O2S. The van der Waals surface area contributed by atoms with Crippen LogP contribution in [0.25, 0.3) is 0 Å². The van der Waals surface area contributed by atoms with Crippen molar-refractivity contribution in [1.82, 2.24) is 14.5 Å². The first-order valence-corrected chi connectivity index (χ1v) is 6.86. The molecule has 106 valence electrons. The third-order valence-electron chi connectivity index (χ3n) is 2.52. The predicted octanol–water partition coefficient (Wildman–Crippen LogP) is 1.26. The molecule has 0 aliphatic heterocycles. The van der Waals surface area contributed by atoms with Gasteiger partial charge in [0.25, 0.3) is 5.91 Å². The van der Waals surface area contributed by atoms with E-state index in [0.717, 1.165) is 18.0 Å². The van der Waals surface area contributed by atoms with Crippen molar-refractivity contribution in [2.45, 2.75) is 33.1 Å². The quantitative estimate of drug-likeness (QED) is 0.354. The van der Waals surface area contributed by atoms with Crippen molar-refractivity contribution in [3.8, 4) is 0 Å². The van der Waals surface area contributed by atoms with E-state index >= 15 is 0 Å². The van der Waals surface area contributed by atoms with Crippen LogP contribution in [0.2, 0.25) is 0 Å². The van der Waals surface area contributed by atoms with E-state index in [1.54, 1.807) is 0 Å². The van der Waals surface area contributed by atoms with Gasteiger partial charge in [0.15, 0.2) is 5.84 Å². The van der Waals surface area contributed by atoms with Crippen LogP contribution >= 0.6 is 11.5 Å². The second-order valence-corrected chi connectivity index (χ2v) is 5.21. The fraction of sp³-hybridized carbons (Fsp3) is 0.636. The maximum Gasteiger partial charge on any atom is 0.267 e. The topological polar surface area (TPSA) is 105 Å². The average Bonchev–Trinajstić information content (AvgIpc) is 2.86. The van der Waals surface area contributed by atoms with Crippen LogP contribution in [0.3, 0.4) is 0 Å². The summed E-state index contributed by atoms with van der Waals surface area (Å²) in [4.78, 5) is 14.5. The Morgan fingerprint density at radius 1 is 1.58 bits per heavy atom. The summed E-state index contributed by atoms with van der Waals surface area (Å²) < 4.78 is 3.84. The Balaban J connectivity index is 2.95. The fourth-order valence-electron chi connectivity index (χ4n) is 1.62. The highest BCUT2D eigenvalue weighted by Gasteiger charge is 2.24. The zero-order valence-corrected chi connectivity index (χ0v) is 12.1. The number of nitrogens with zero attached hydrogens (tertiary/aromatic N) is 4. The number of amidine groups is 1. The number of hydrogen-bond donors (Lipinski definition) is 2. The molecule has 19 heavy (non-hydrogen) atoms. The highest BCUT2D eigenvalue weighted by molar-refractivity contribution is 7.08. The summed E-state index contributed by atoms with van der Waals surface area (Å²) in [5.74, 6) is -0.0393. The Morgan fingerprint density at radius 3 is 2.79 bits per heavy atom. The van der Waals surface area contributed by atoms with E-state index in [0.29, 0.717) is 17.1 Å². The van der Waals surface area contributed by atoms with Gasteiger partial charge in [-0.05, 0) is 23.9 Å². The Kier molecular flexibility index (Phi) is 5.68. The molecule has 0 atom stereocenters. The number of oxime groups is 1.